The summed E-state index contributed by atoms with van der Waals surface area (Å²) in [5, 5.41) is 2.22. The summed E-state index contributed by atoms with van der Waals surface area (Å²) in [6.07, 6.45) is -6.96. The van der Waals surface area contributed by atoms with Gasteiger partial charge in [0.1, 0.15) is 5.52 Å². The smallest absolute Gasteiger partial charge is 0.416 e. The fourth-order valence-corrected chi connectivity index (χ4v) is 2.40. The number of halogens is 3. The van der Waals surface area contributed by atoms with Crippen LogP contribution in [0.3, 0.4) is 0 Å². The highest BCUT2D eigenvalue weighted by Crippen LogP contribution is 2.38. The van der Waals surface area contributed by atoms with E-state index in [2.05, 4.69) is 10.3 Å². The first-order valence-electron chi connectivity index (χ1n) is 7.30. The molecule has 8 heteroatoms. The van der Waals surface area contributed by atoms with Gasteiger partial charge in [-0.05, 0) is 18.2 Å². The summed E-state index contributed by atoms with van der Waals surface area (Å²) < 4.78 is 50.7. The number of rotatable bonds is 3. The molecule has 1 heterocycles. The second kappa shape index (κ2) is 6.46. The van der Waals surface area contributed by atoms with Crippen LogP contribution in [0.5, 0.6) is 0 Å². The second-order valence-corrected chi connectivity index (χ2v) is 5.14. The zero-order valence-corrected chi connectivity index (χ0v) is 13.0. The summed E-state index contributed by atoms with van der Waals surface area (Å²) in [4.78, 5) is 15.8. The largest absolute Gasteiger partial charge is 0.436 e. The lowest BCUT2D eigenvalue weighted by Gasteiger charge is -2.19. The van der Waals surface area contributed by atoms with E-state index in [1.54, 1.807) is 24.3 Å². The number of oxazole rings is 1. The molecule has 1 amide bonds. The highest BCUT2D eigenvalue weighted by Gasteiger charge is 2.38. The van der Waals surface area contributed by atoms with Gasteiger partial charge in [0, 0.05) is 12.6 Å². The van der Waals surface area contributed by atoms with E-state index in [1.807, 2.05) is 0 Å². The summed E-state index contributed by atoms with van der Waals surface area (Å²) in [5.41, 5.74) is -0.351. The number of amides is 1. The number of aromatic nitrogens is 1. The number of ether oxygens (including phenoxy) is 1. The molecule has 2 aromatic carbocycles. The Kier molecular flexibility index (Phi) is 4.35. The van der Waals surface area contributed by atoms with Crippen LogP contribution in [0.15, 0.2) is 52.9 Å². The maximum absolute atomic E-state index is 13.3. The standard InChI is InChI=1S/C17H13F3N2O3/c1-21-16(23)25-14(10-6-2-3-7-11(10)17(18,19)20)15-22-12-8-4-5-9-13(12)24-15/h2-9,14H,1H3,(H,21,23). The average molecular weight is 350 g/mol. The molecule has 1 aromatic heterocycles. The van der Waals surface area contributed by atoms with Gasteiger partial charge in [-0.1, -0.05) is 30.3 Å². The quantitative estimate of drug-likeness (QED) is 0.765. The molecule has 0 aliphatic rings. The number of hydrogen-bond donors (Lipinski definition) is 1. The van der Waals surface area contributed by atoms with Crippen molar-refractivity contribution in [3.8, 4) is 0 Å². The summed E-state index contributed by atoms with van der Waals surface area (Å²) in [5.74, 6) is -0.138. The van der Waals surface area contributed by atoms with Crippen molar-refractivity contribution in [3.63, 3.8) is 0 Å². The van der Waals surface area contributed by atoms with Crippen molar-refractivity contribution in [2.24, 2.45) is 0 Å². The van der Waals surface area contributed by atoms with E-state index in [0.29, 0.717) is 11.1 Å². The molecule has 1 atom stereocenters. The number of nitrogens with one attached hydrogen (secondary N) is 1. The van der Waals surface area contributed by atoms with E-state index in [4.69, 9.17) is 9.15 Å². The fourth-order valence-electron chi connectivity index (χ4n) is 2.40. The second-order valence-electron chi connectivity index (χ2n) is 5.14. The molecular formula is C17H13F3N2O3. The van der Waals surface area contributed by atoms with Crippen molar-refractivity contribution < 1.29 is 27.1 Å². The number of nitrogens with zero attached hydrogens (tertiary/aromatic N) is 1. The summed E-state index contributed by atoms with van der Waals surface area (Å²) >= 11 is 0. The van der Waals surface area contributed by atoms with Crippen molar-refractivity contribution in [1.82, 2.24) is 10.3 Å². The SMILES string of the molecule is CNC(=O)OC(c1nc2ccccc2o1)c1ccccc1C(F)(F)F. The van der Waals surface area contributed by atoms with E-state index in [1.165, 1.54) is 25.2 Å². The van der Waals surface area contributed by atoms with Crippen LogP contribution in [-0.4, -0.2) is 18.1 Å². The minimum atomic E-state index is -4.62. The number of carbonyl (C=O) groups is 1. The third kappa shape index (κ3) is 3.42. The zero-order valence-electron chi connectivity index (χ0n) is 13.0. The molecule has 0 aliphatic heterocycles. The lowest BCUT2D eigenvalue weighted by Crippen LogP contribution is -2.24. The Hall–Kier alpha value is -3.03. The molecule has 1 N–H and O–H groups in total. The number of alkyl halides is 3. The topological polar surface area (TPSA) is 64.4 Å². The molecule has 3 rings (SSSR count). The summed E-state index contributed by atoms with van der Waals surface area (Å²) in [7, 11) is 1.31. The first kappa shape index (κ1) is 16.8. The van der Waals surface area contributed by atoms with Gasteiger partial charge >= 0.3 is 12.3 Å². The molecule has 130 valence electrons. The number of para-hydroxylation sites is 2. The number of fused-ring (bicyclic) bond motifs is 1. The van der Waals surface area contributed by atoms with Crippen molar-refractivity contribution in [2.75, 3.05) is 7.05 Å². The third-order valence-electron chi connectivity index (χ3n) is 3.51. The first-order valence-corrected chi connectivity index (χ1v) is 7.30. The molecule has 5 nitrogen and oxygen atoms in total. The van der Waals surface area contributed by atoms with Crippen LogP contribution in [0.1, 0.15) is 23.1 Å². The predicted molar refractivity (Wildman–Crippen MR) is 82.8 cm³/mol. The Morgan fingerprint density at radius 2 is 1.84 bits per heavy atom. The monoisotopic (exact) mass is 350 g/mol. The van der Waals surface area contributed by atoms with Gasteiger partial charge in [-0.25, -0.2) is 9.78 Å². The van der Waals surface area contributed by atoms with Crippen LogP contribution in [0.25, 0.3) is 11.1 Å². The maximum Gasteiger partial charge on any atom is 0.416 e. The van der Waals surface area contributed by atoms with Crippen molar-refractivity contribution in [2.45, 2.75) is 12.3 Å². The lowest BCUT2D eigenvalue weighted by atomic mass is 10.0. The Morgan fingerprint density at radius 1 is 1.16 bits per heavy atom. The molecule has 0 spiro atoms. The molecule has 3 aromatic rings. The van der Waals surface area contributed by atoms with Crippen LogP contribution < -0.4 is 5.32 Å². The molecule has 0 radical (unpaired) electrons. The lowest BCUT2D eigenvalue weighted by molar-refractivity contribution is -0.139. The van der Waals surface area contributed by atoms with Gasteiger partial charge in [0.05, 0.1) is 5.56 Å². The van der Waals surface area contributed by atoms with Gasteiger partial charge in [0.15, 0.2) is 5.58 Å². The van der Waals surface area contributed by atoms with Crippen molar-refractivity contribution in [1.29, 1.82) is 0 Å². The van der Waals surface area contributed by atoms with Crippen LogP contribution in [0.4, 0.5) is 18.0 Å². The molecule has 0 fully saturated rings. The van der Waals surface area contributed by atoms with E-state index in [-0.39, 0.29) is 11.5 Å². The number of alkyl carbamates (subject to hydrolysis) is 1. The van der Waals surface area contributed by atoms with Crippen LogP contribution in [0.2, 0.25) is 0 Å². The minimum Gasteiger partial charge on any atom is -0.436 e. The predicted octanol–water partition coefficient (Wildman–Crippen LogP) is 4.29. The van der Waals surface area contributed by atoms with E-state index in [9.17, 15) is 18.0 Å². The minimum absolute atomic E-state index is 0.138. The van der Waals surface area contributed by atoms with Gasteiger partial charge in [-0.3, -0.25) is 0 Å². The highest BCUT2D eigenvalue weighted by molar-refractivity contribution is 5.72. The van der Waals surface area contributed by atoms with Crippen molar-refractivity contribution >= 4 is 17.2 Å². The normalized spacial score (nSPS) is 12.8. The molecule has 25 heavy (non-hydrogen) atoms. The Bertz CT molecular complexity index is 872. The van der Waals surface area contributed by atoms with Gasteiger partial charge < -0.3 is 14.5 Å². The van der Waals surface area contributed by atoms with Crippen LogP contribution in [-0.2, 0) is 10.9 Å². The van der Waals surface area contributed by atoms with Crippen molar-refractivity contribution in [3.05, 3.63) is 65.5 Å². The van der Waals surface area contributed by atoms with Crippen LogP contribution >= 0.6 is 0 Å². The molecule has 0 saturated carbocycles. The molecule has 0 saturated heterocycles. The fraction of sp³-hybridized carbons (Fsp3) is 0.176. The van der Waals surface area contributed by atoms with E-state index >= 15 is 0 Å². The van der Waals surface area contributed by atoms with Gasteiger partial charge in [0.2, 0.25) is 12.0 Å². The van der Waals surface area contributed by atoms with Gasteiger partial charge in [-0.2, -0.15) is 13.2 Å². The van der Waals surface area contributed by atoms with Crippen LogP contribution in [0, 0.1) is 0 Å². The Labute approximate surface area is 140 Å². The molecular weight excluding hydrogens is 337 g/mol. The highest BCUT2D eigenvalue weighted by atomic mass is 19.4. The third-order valence-corrected chi connectivity index (χ3v) is 3.51. The van der Waals surface area contributed by atoms with Gasteiger partial charge in [-0.15, -0.1) is 0 Å². The number of hydrogen-bond acceptors (Lipinski definition) is 4. The zero-order chi connectivity index (χ0) is 18.0. The molecule has 1 unspecified atom stereocenters. The number of carbonyl (C=O) groups excluding carboxylic acids is 1. The summed E-state index contributed by atoms with van der Waals surface area (Å²) in [6.45, 7) is 0. The van der Waals surface area contributed by atoms with Gasteiger partial charge in [0.25, 0.3) is 0 Å². The Morgan fingerprint density at radius 3 is 2.52 bits per heavy atom. The Balaban J connectivity index is 2.14. The van der Waals surface area contributed by atoms with E-state index in [0.717, 1.165) is 6.07 Å². The summed E-state index contributed by atoms with van der Waals surface area (Å²) in [6, 6.07) is 11.5. The number of benzene rings is 2. The molecule has 0 aliphatic carbocycles. The maximum atomic E-state index is 13.3. The first-order chi connectivity index (χ1) is 11.9. The molecule has 0 bridgehead atoms. The average Bonchev–Trinajstić information content (AvgIpc) is 3.02. The van der Waals surface area contributed by atoms with E-state index < -0.39 is 23.9 Å².